The Kier molecular flexibility index (Phi) is 6.22. The van der Waals surface area contributed by atoms with Gasteiger partial charge < -0.3 is 15.2 Å². The van der Waals surface area contributed by atoms with Crippen molar-refractivity contribution in [1.82, 2.24) is 5.32 Å². The normalized spacial score (nSPS) is 9.74. The number of amides is 3. The molecular weight excluding hydrogens is 367 g/mol. The Bertz CT molecular complexity index is 492. The molecule has 0 atom stereocenters. The minimum absolute atomic E-state index is 0.494. The van der Waals surface area contributed by atoms with Crippen molar-refractivity contribution in [2.24, 2.45) is 0 Å². The third-order valence-corrected chi connectivity index (χ3v) is 2.77. The Morgan fingerprint density at radius 1 is 1.21 bits per heavy atom. The Morgan fingerprint density at radius 3 is 2.53 bits per heavy atom. The summed E-state index contributed by atoms with van der Waals surface area (Å²) in [6.45, 7) is -1.09. The molecule has 1 aromatic carbocycles. The van der Waals surface area contributed by atoms with Crippen molar-refractivity contribution >= 4 is 46.2 Å². The van der Waals surface area contributed by atoms with Crippen LogP contribution in [0.15, 0.2) is 24.3 Å². The van der Waals surface area contributed by atoms with Crippen molar-refractivity contribution in [3.8, 4) is 0 Å². The van der Waals surface area contributed by atoms with Gasteiger partial charge in [0.05, 0.1) is 5.69 Å². The molecule has 102 valence electrons. The summed E-state index contributed by atoms with van der Waals surface area (Å²) in [6, 6.07) is 6.35. The van der Waals surface area contributed by atoms with Crippen LogP contribution < -0.4 is 10.6 Å². The quantitative estimate of drug-likeness (QED) is 0.665. The number of para-hydroxylation sites is 1. The van der Waals surface area contributed by atoms with E-state index in [2.05, 4.69) is 10.1 Å². The molecule has 0 unspecified atom stereocenters. The second kappa shape index (κ2) is 7.69. The number of urea groups is 1. The Hall–Kier alpha value is -1.68. The molecule has 0 saturated carbocycles. The number of nitrogens with one attached hydrogen (secondary N) is 2. The first-order chi connectivity index (χ1) is 8.99. The molecule has 1 aromatic rings. The summed E-state index contributed by atoms with van der Waals surface area (Å²) in [7, 11) is 0. The molecule has 0 radical (unpaired) electrons. The Balaban J connectivity index is 2.37. The maximum atomic E-state index is 11.5. The molecule has 3 amide bonds. The first-order valence-electron chi connectivity index (χ1n) is 5.14. The van der Waals surface area contributed by atoms with Gasteiger partial charge in [0.2, 0.25) is 0 Å². The number of carbonyl (C=O) groups is 3. The van der Waals surface area contributed by atoms with E-state index in [4.69, 9.17) is 5.11 Å². The standard InChI is InChI=1S/C11H11IN2O5/c12-7-3-1-2-4-8(7)13-11(18)14-9(15)5-19-6-10(16)17/h1-4H,5-6H2,(H,16,17)(H2,13,14,15,18). The number of imide groups is 1. The van der Waals surface area contributed by atoms with Crippen LogP contribution in [0.3, 0.4) is 0 Å². The summed E-state index contributed by atoms with van der Waals surface area (Å²) >= 11 is 2.04. The van der Waals surface area contributed by atoms with Gasteiger partial charge >= 0.3 is 12.0 Å². The zero-order valence-corrected chi connectivity index (χ0v) is 11.8. The van der Waals surface area contributed by atoms with Crippen molar-refractivity contribution in [2.45, 2.75) is 0 Å². The van der Waals surface area contributed by atoms with Crippen LogP contribution in [0.2, 0.25) is 0 Å². The van der Waals surface area contributed by atoms with Gasteiger partial charge in [-0.3, -0.25) is 10.1 Å². The number of rotatable bonds is 5. The number of carbonyl (C=O) groups excluding carboxylic acids is 2. The molecule has 8 heteroatoms. The fraction of sp³-hybridized carbons (Fsp3) is 0.182. The summed E-state index contributed by atoms with van der Waals surface area (Å²) in [5.74, 6) is -1.90. The zero-order chi connectivity index (χ0) is 14.3. The lowest BCUT2D eigenvalue weighted by Gasteiger charge is -2.08. The van der Waals surface area contributed by atoms with E-state index in [9.17, 15) is 14.4 Å². The van der Waals surface area contributed by atoms with Gasteiger partial charge in [-0.2, -0.15) is 0 Å². The molecule has 0 spiro atoms. The minimum atomic E-state index is -1.18. The molecule has 0 aromatic heterocycles. The van der Waals surface area contributed by atoms with Crippen molar-refractivity contribution in [3.63, 3.8) is 0 Å². The average molecular weight is 378 g/mol. The first kappa shape index (κ1) is 15.4. The van der Waals surface area contributed by atoms with E-state index in [0.29, 0.717) is 5.69 Å². The lowest BCUT2D eigenvalue weighted by Crippen LogP contribution is -2.37. The maximum Gasteiger partial charge on any atom is 0.329 e. The lowest BCUT2D eigenvalue weighted by atomic mass is 10.3. The Labute approximate surface area is 122 Å². The highest BCUT2D eigenvalue weighted by molar-refractivity contribution is 14.1. The van der Waals surface area contributed by atoms with Crippen molar-refractivity contribution < 1.29 is 24.2 Å². The maximum absolute atomic E-state index is 11.5. The first-order valence-corrected chi connectivity index (χ1v) is 6.22. The van der Waals surface area contributed by atoms with E-state index in [1.54, 1.807) is 18.2 Å². The smallest absolute Gasteiger partial charge is 0.329 e. The van der Waals surface area contributed by atoms with Crippen molar-refractivity contribution in [2.75, 3.05) is 18.5 Å². The van der Waals surface area contributed by atoms with E-state index in [1.165, 1.54) is 0 Å². The second-order valence-corrected chi connectivity index (χ2v) is 4.53. The number of aliphatic carboxylic acids is 1. The summed E-state index contributed by atoms with van der Waals surface area (Å²) in [4.78, 5) is 32.8. The van der Waals surface area contributed by atoms with Crippen LogP contribution in [-0.4, -0.2) is 36.2 Å². The van der Waals surface area contributed by atoms with E-state index in [1.807, 2.05) is 34.0 Å². The summed E-state index contributed by atoms with van der Waals surface area (Å²) in [6.07, 6.45) is 0. The largest absolute Gasteiger partial charge is 0.480 e. The number of benzene rings is 1. The number of ether oxygens (including phenoxy) is 1. The molecule has 1 rings (SSSR count). The molecule has 0 aliphatic rings. The molecule has 0 bridgehead atoms. The number of hydrogen-bond acceptors (Lipinski definition) is 4. The molecule has 0 fully saturated rings. The van der Waals surface area contributed by atoms with Gasteiger partial charge in [-0.1, -0.05) is 12.1 Å². The predicted molar refractivity (Wildman–Crippen MR) is 74.8 cm³/mol. The molecule has 3 N–H and O–H groups in total. The number of carboxylic acid groups (broad SMARTS) is 1. The van der Waals surface area contributed by atoms with Crippen LogP contribution in [0.25, 0.3) is 0 Å². The molecule has 7 nitrogen and oxygen atoms in total. The minimum Gasteiger partial charge on any atom is -0.480 e. The SMILES string of the molecule is O=C(O)COCC(=O)NC(=O)Nc1ccccc1I. The van der Waals surface area contributed by atoms with Gasteiger partial charge in [-0.25, -0.2) is 9.59 Å². The Morgan fingerprint density at radius 2 is 1.89 bits per heavy atom. The molecule has 0 aliphatic heterocycles. The van der Waals surface area contributed by atoms with Crippen LogP contribution in [0, 0.1) is 3.57 Å². The van der Waals surface area contributed by atoms with Crippen LogP contribution in [0.1, 0.15) is 0 Å². The van der Waals surface area contributed by atoms with Crippen molar-refractivity contribution in [1.29, 1.82) is 0 Å². The third-order valence-electron chi connectivity index (χ3n) is 1.83. The molecular formula is C11H11IN2O5. The highest BCUT2D eigenvalue weighted by Gasteiger charge is 2.10. The zero-order valence-electron chi connectivity index (χ0n) is 9.68. The summed E-state index contributed by atoms with van der Waals surface area (Å²) < 4.78 is 5.36. The predicted octanol–water partition coefficient (Wildman–Crippen LogP) is 1.04. The van der Waals surface area contributed by atoms with Crippen LogP contribution in [-0.2, 0) is 14.3 Å². The van der Waals surface area contributed by atoms with Crippen LogP contribution in [0.5, 0.6) is 0 Å². The third kappa shape index (κ3) is 6.15. The van der Waals surface area contributed by atoms with E-state index >= 15 is 0 Å². The van der Waals surface area contributed by atoms with Gasteiger partial charge in [0.15, 0.2) is 0 Å². The summed E-state index contributed by atoms with van der Waals surface area (Å²) in [5, 5.41) is 12.8. The van der Waals surface area contributed by atoms with E-state index in [-0.39, 0.29) is 0 Å². The van der Waals surface area contributed by atoms with Crippen molar-refractivity contribution in [3.05, 3.63) is 27.8 Å². The van der Waals surface area contributed by atoms with Gasteiger partial charge in [0.25, 0.3) is 5.91 Å². The number of hydrogen-bond donors (Lipinski definition) is 3. The molecule has 19 heavy (non-hydrogen) atoms. The van der Waals surface area contributed by atoms with Gasteiger partial charge in [-0.05, 0) is 34.7 Å². The molecule has 0 aliphatic carbocycles. The average Bonchev–Trinajstić information content (AvgIpc) is 2.31. The second-order valence-electron chi connectivity index (χ2n) is 3.37. The van der Waals surface area contributed by atoms with Gasteiger partial charge in [0, 0.05) is 3.57 Å². The summed E-state index contributed by atoms with van der Waals surface area (Å²) in [5.41, 5.74) is 0.569. The fourth-order valence-electron chi connectivity index (χ4n) is 1.11. The highest BCUT2D eigenvalue weighted by atomic mass is 127. The monoisotopic (exact) mass is 378 g/mol. The van der Waals surface area contributed by atoms with E-state index in [0.717, 1.165) is 3.57 Å². The van der Waals surface area contributed by atoms with Crippen LogP contribution >= 0.6 is 22.6 Å². The highest BCUT2D eigenvalue weighted by Crippen LogP contribution is 2.16. The van der Waals surface area contributed by atoms with E-state index < -0.39 is 31.1 Å². The topological polar surface area (TPSA) is 105 Å². The lowest BCUT2D eigenvalue weighted by molar-refractivity contribution is -0.143. The fourth-order valence-corrected chi connectivity index (χ4v) is 1.63. The van der Waals surface area contributed by atoms with Gasteiger partial charge in [-0.15, -0.1) is 0 Å². The number of halogens is 1. The number of carboxylic acids is 1. The van der Waals surface area contributed by atoms with Crippen LogP contribution in [0.4, 0.5) is 10.5 Å². The molecule has 0 saturated heterocycles. The van der Waals surface area contributed by atoms with Gasteiger partial charge in [0.1, 0.15) is 13.2 Å². The molecule has 0 heterocycles. The number of anilines is 1.